The zero-order valence-corrected chi connectivity index (χ0v) is 7.82. The topological polar surface area (TPSA) is 45.2 Å². The number of nitrogens with zero attached hydrogens (tertiary/aromatic N) is 2. The van der Waals surface area contributed by atoms with Gasteiger partial charge >= 0.3 is 0 Å². The molecule has 13 heavy (non-hydrogen) atoms. The Morgan fingerprint density at radius 1 is 1.46 bits per heavy atom. The number of hydrogen-bond acceptors (Lipinski definition) is 3. The first-order chi connectivity index (χ1) is 6.18. The van der Waals surface area contributed by atoms with Gasteiger partial charge < -0.3 is 0 Å². The van der Waals surface area contributed by atoms with Gasteiger partial charge in [-0.15, -0.1) is 0 Å². The molecule has 0 aliphatic heterocycles. The van der Waals surface area contributed by atoms with Crippen molar-refractivity contribution in [1.82, 2.24) is 15.4 Å². The summed E-state index contributed by atoms with van der Waals surface area (Å²) in [5.41, 5.74) is 3.63. The quantitative estimate of drug-likeness (QED) is 0.675. The van der Waals surface area contributed by atoms with Gasteiger partial charge in [-0.1, -0.05) is 0 Å². The zero-order chi connectivity index (χ0) is 9.68. The van der Waals surface area contributed by atoms with Crippen molar-refractivity contribution in [3.05, 3.63) is 30.1 Å². The van der Waals surface area contributed by atoms with Gasteiger partial charge in [-0.3, -0.25) is 15.2 Å². The summed E-state index contributed by atoms with van der Waals surface area (Å²) < 4.78 is 0. The highest BCUT2D eigenvalue weighted by atomic mass is 16.2. The maximum atomic E-state index is 11.2. The van der Waals surface area contributed by atoms with Crippen LogP contribution in [0.15, 0.2) is 24.5 Å². The average Bonchev–Trinajstić information content (AvgIpc) is 2.04. The number of pyridine rings is 1. The van der Waals surface area contributed by atoms with Crippen LogP contribution in [0, 0.1) is 0 Å². The third-order valence-corrected chi connectivity index (χ3v) is 1.46. The first kappa shape index (κ1) is 9.67. The molecule has 1 rings (SSSR count). The lowest BCUT2D eigenvalue weighted by atomic mass is 10.2. The van der Waals surface area contributed by atoms with Crippen molar-refractivity contribution in [2.75, 3.05) is 14.1 Å². The van der Waals surface area contributed by atoms with E-state index in [-0.39, 0.29) is 5.91 Å². The van der Waals surface area contributed by atoms with E-state index in [2.05, 4.69) is 10.4 Å². The maximum Gasteiger partial charge on any atom is 0.238 e. The van der Waals surface area contributed by atoms with Crippen molar-refractivity contribution in [2.24, 2.45) is 0 Å². The van der Waals surface area contributed by atoms with Crippen LogP contribution in [0.5, 0.6) is 0 Å². The Kier molecular flexibility index (Phi) is 3.40. The highest BCUT2D eigenvalue weighted by molar-refractivity contribution is 5.77. The number of hydrazine groups is 1. The van der Waals surface area contributed by atoms with E-state index in [9.17, 15) is 4.79 Å². The van der Waals surface area contributed by atoms with Crippen LogP contribution in [0.2, 0.25) is 0 Å². The number of carbonyl (C=O) groups is 1. The molecule has 0 aromatic carbocycles. The summed E-state index contributed by atoms with van der Waals surface area (Å²) in [7, 11) is 3.56. The second kappa shape index (κ2) is 4.57. The number of nitrogens with one attached hydrogen (secondary N) is 1. The summed E-state index contributed by atoms with van der Waals surface area (Å²) >= 11 is 0. The molecule has 0 radical (unpaired) electrons. The molecule has 0 saturated heterocycles. The Bertz CT molecular complexity index is 271. The fourth-order valence-corrected chi connectivity index (χ4v) is 0.975. The normalized spacial score (nSPS) is 10.1. The molecular formula is C9H13N3O. The summed E-state index contributed by atoms with van der Waals surface area (Å²) in [5.74, 6) is -0.0174. The summed E-state index contributed by atoms with van der Waals surface area (Å²) in [6.45, 7) is 0. The van der Waals surface area contributed by atoms with Gasteiger partial charge in [-0.2, -0.15) is 0 Å². The molecule has 4 nitrogen and oxygen atoms in total. The lowest BCUT2D eigenvalue weighted by molar-refractivity contribution is -0.124. The second-order valence-electron chi connectivity index (χ2n) is 2.96. The molecule has 1 aromatic heterocycles. The Labute approximate surface area is 77.6 Å². The second-order valence-corrected chi connectivity index (χ2v) is 2.96. The molecule has 0 fully saturated rings. The third kappa shape index (κ3) is 3.66. The SMILES string of the molecule is CN(C)NC(=O)Cc1ccncc1. The van der Waals surface area contributed by atoms with Crippen LogP contribution in [-0.4, -0.2) is 30.0 Å². The van der Waals surface area contributed by atoms with E-state index in [0.29, 0.717) is 6.42 Å². The van der Waals surface area contributed by atoms with Gasteiger partial charge in [-0.25, -0.2) is 5.01 Å². The number of carbonyl (C=O) groups excluding carboxylic acids is 1. The first-order valence-electron chi connectivity index (χ1n) is 4.04. The number of rotatable bonds is 3. The molecule has 0 spiro atoms. The molecule has 0 atom stereocenters. The predicted molar refractivity (Wildman–Crippen MR) is 49.8 cm³/mol. The van der Waals surface area contributed by atoms with E-state index in [1.165, 1.54) is 0 Å². The Hall–Kier alpha value is -1.42. The van der Waals surface area contributed by atoms with E-state index in [1.54, 1.807) is 31.5 Å². The minimum atomic E-state index is -0.0174. The predicted octanol–water partition coefficient (Wildman–Crippen LogP) is 0.217. The standard InChI is InChI=1S/C9H13N3O/c1-12(2)11-9(13)7-8-3-5-10-6-4-8/h3-6H,7H2,1-2H3,(H,11,13). The van der Waals surface area contributed by atoms with Crippen LogP contribution in [0.1, 0.15) is 5.56 Å². The van der Waals surface area contributed by atoms with Gasteiger partial charge in [0.05, 0.1) is 6.42 Å². The molecular weight excluding hydrogens is 166 g/mol. The summed E-state index contributed by atoms with van der Waals surface area (Å²) in [6.07, 6.45) is 3.75. The van der Waals surface area contributed by atoms with Gasteiger partial charge in [-0.05, 0) is 17.7 Å². The van der Waals surface area contributed by atoms with E-state index in [1.807, 2.05) is 12.1 Å². The van der Waals surface area contributed by atoms with Crippen molar-refractivity contribution in [2.45, 2.75) is 6.42 Å². The van der Waals surface area contributed by atoms with Crippen LogP contribution < -0.4 is 5.43 Å². The number of hydrogen-bond donors (Lipinski definition) is 1. The Balaban J connectivity index is 2.46. The van der Waals surface area contributed by atoms with E-state index in [4.69, 9.17) is 0 Å². The summed E-state index contributed by atoms with van der Waals surface area (Å²) in [5, 5.41) is 1.63. The van der Waals surface area contributed by atoms with Crippen LogP contribution in [0.4, 0.5) is 0 Å². The van der Waals surface area contributed by atoms with Crippen molar-refractivity contribution < 1.29 is 4.79 Å². The van der Waals surface area contributed by atoms with Gasteiger partial charge in [0, 0.05) is 26.5 Å². The summed E-state index contributed by atoms with van der Waals surface area (Å²) in [6, 6.07) is 3.66. The van der Waals surface area contributed by atoms with Crippen LogP contribution in [0.3, 0.4) is 0 Å². The molecule has 0 aliphatic rings. The van der Waals surface area contributed by atoms with Gasteiger partial charge in [0.25, 0.3) is 0 Å². The highest BCUT2D eigenvalue weighted by Gasteiger charge is 2.02. The molecule has 0 unspecified atom stereocenters. The fraction of sp³-hybridized carbons (Fsp3) is 0.333. The molecule has 1 aromatic rings. The van der Waals surface area contributed by atoms with Gasteiger partial charge in [0.15, 0.2) is 0 Å². The van der Waals surface area contributed by atoms with Gasteiger partial charge in [0.2, 0.25) is 5.91 Å². The molecule has 0 aliphatic carbocycles. The molecule has 1 heterocycles. The highest BCUT2D eigenvalue weighted by Crippen LogP contribution is 1.96. The fourth-order valence-electron chi connectivity index (χ4n) is 0.975. The summed E-state index contributed by atoms with van der Waals surface area (Å²) in [4.78, 5) is 15.1. The number of aromatic nitrogens is 1. The first-order valence-corrected chi connectivity index (χ1v) is 4.04. The van der Waals surface area contributed by atoms with Crippen molar-refractivity contribution in [3.8, 4) is 0 Å². The minimum absolute atomic E-state index is 0.0174. The lowest BCUT2D eigenvalue weighted by Gasteiger charge is -2.11. The lowest BCUT2D eigenvalue weighted by Crippen LogP contribution is -2.37. The van der Waals surface area contributed by atoms with Crippen molar-refractivity contribution in [3.63, 3.8) is 0 Å². The van der Waals surface area contributed by atoms with Crippen molar-refractivity contribution in [1.29, 1.82) is 0 Å². The molecule has 70 valence electrons. The zero-order valence-electron chi connectivity index (χ0n) is 7.82. The molecule has 4 heteroatoms. The molecule has 1 N–H and O–H groups in total. The largest absolute Gasteiger partial charge is 0.289 e. The van der Waals surface area contributed by atoms with E-state index >= 15 is 0 Å². The van der Waals surface area contributed by atoms with Crippen molar-refractivity contribution >= 4 is 5.91 Å². The van der Waals surface area contributed by atoms with Crippen LogP contribution in [0.25, 0.3) is 0 Å². The minimum Gasteiger partial charge on any atom is -0.289 e. The molecule has 1 amide bonds. The maximum absolute atomic E-state index is 11.2. The van der Waals surface area contributed by atoms with E-state index < -0.39 is 0 Å². The van der Waals surface area contributed by atoms with Crippen LogP contribution >= 0.6 is 0 Å². The van der Waals surface area contributed by atoms with Crippen LogP contribution in [-0.2, 0) is 11.2 Å². The van der Waals surface area contributed by atoms with E-state index in [0.717, 1.165) is 5.56 Å². The average molecular weight is 179 g/mol. The Morgan fingerprint density at radius 3 is 2.62 bits per heavy atom. The smallest absolute Gasteiger partial charge is 0.238 e. The molecule has 0 saturated carbocycles. The monoisotopic (exact) mass is 179 g/mol. The van der Waals surface area contributed by atoms with Gasteiger partial charge in [0.1, 0.15) is 0 Å². The molecule has 0 bridgehead atoms. The third-order valence-electron chi connectivity index (χ3n) is 1.46. The number of amides is 1. The Morgan fingerprint density at radius 2 is 2.08 bits per heavy atom.